The van der Waals surface area contributed by atoms with E-state index in [1.807, 2.05) is 0 Å². The molecule has 0 atom stereocenters. The third-order valence-corrected chi connectivity index (χ3v) is 4.56. The van der Waals surface area contributed by atoms with Gasteiger partial charge in [-0.05, 0) is 55.8 Å². The number of carbonyl (C=O) groups is 1. The lowest BCUT2D eigenvalue weighted by atomic mass is 10.00. The van der Waals surface area contributed by atoms with Crippen LogP contribution in [0.1, 0.15) is 51.2 Å². The van der Waals surface area contributed by atoms with Gasteiger partial charge in [-0.2, -0.15) is 0 Å². The third-order valence-electron chi connectivity index (χ3n) is 4.56. The van der Waals surface area contributed by atoms with Crippen molar-refractivity contribution in [3.63, 3.8) is 0 Å². The Bertz CT molecular complexity index is 475. The highest BCUT2D eigenvalue weighted by Crippen LogP contribution is 2.16. The molecule has 1 aliphatic heterocycles. The first-order valence-corrected chi connectivity index (χ1v) is 9.18. The van der Waals surface area contributed by atoms with Crippen molar-refractivity contribution in [2.75, 3.05) is 19.6 Å². The largest absolute Gasteiger partial charge is 0.339 e. The molecule has 1 aromatic rings. The molecule has 1 aromatic carbocycles. The number of amides is 1. The molecule has 3 heteroatoms. The summed E-state index contributed by atoms with van der Waals surface area (Å²) >= 11 is 0. The monoisotopic (exact) mass is 316 g/mol. The van der Waals surface area contributed by atoms with E-state index in [2.05, 4.69) is 55.3 Å². The predicted molar refractivity (Wildman–Crippen MR) is 96.6 cm³/mol. The minimum Gasteiger partial charge on any atom is -0.339 e. The number of nitrogens with zero attached hydrogens (tertiary/aromatic N) is 1. The van der Waals surface area contributed by atoms with Crippen LogP contribution >= 0.6 is 0 Å². The Morgan fingerprint density at radius 1 is 1.17 bits per heavy atom. The Morgan fingerprint density at radius 2 is 1.78 bits per heavy atom. The Kier molecular flexibility index (Phi) is 7.10. The summed E-state index contributed by atoms with van der Waals surface area (Å²) in [5.41, 5.74) is 2.50. The van der Waals surface area contributed by atoms with Crippen LogP contribution in [0.3, 0.4) is 0 Å². The quantitative estimate of drug-likeness (QED) is 0.836. The summed E-state index contributed by atoms with van der Waals surface area (Å²) in [5, 5.41) is 3.38. The molecule has 0 bridgehead atoms. The molecule has 1 amide bonds. The van der Waals surface area contributed by atoms with Gasteiger partial charge in [0.25, 0.3) is 0 Å². The fourth-order valence-corrected chi connectivity index (χ4v) is 3.41. The average Bonchev–Trinajstić information content (AvgIpc) is 2.54. The first-order valence-electron chi connectivity index (χ1n) is 9.18. The number of hydrogen-bond donors (Lipinski definition) is 1. The van der Waals surface area contributed by atoms with Crippen LogP contribution in [0.5, 0.6) is 0 Å². The van der Waals surface area contributed by atoms with Crippen molar-refractivity contribution < 1.29 is 4.79 Å². The van der Waals surface area contributed by atoms with Gasteiger partial charge in [-0.1, -0.05) is 45.0 Å². The highest BCUT2D eigenvalue weighted by Gasteiger charge is 2.24. The van der Waals surface area contributed by atoms with Gasteiger partial charge in [0.15, 0.2) is 0 Å². The molecular weight excluding hydrogens is 284 g/mol. The van der Waals surface area contributed by atoms with Crippen LogP contribution in [-0.4, -0.2) is 36.5 Å². The lowest BCUT2D eigenvalue weighted by Gasteiger charge is -2.34. The summed E-state index contributed by atoms with van der Waals surface area (Å²) < 4.78 is 0. The van der Waals surface area contributed by atoms with Crippen LogP contribution in [0.2, 0.25) is 0 Å². The standard InChI is InChI=1S/C20H32N2O/c1-4-13-22(19-9-11-21-12-10-19)20(23)15-18-7-5-17(6-8-18)14-16(2)3/h5-8,16,19,21H,4,9-15H2,1-3H3. The molecule has 3 nitrogen and oxygen atoms in total. The van der Waals surface area contributed by atoms with E-state index in [-0.39, 0.29) is 5.91 Å². The van der Waals surface area contributed by atoms with E-state index in [0.717, 1.165) is 50.9 Å². The molecule has 128 valence electrons. The first-order chi connectivity index (χ1) is 11.1. The van der Waals surface area contributed by atoms with Crippen LogP contribution in [0, 0.1) is 5.92 Å². The van der Waals surface area contributed by atoms with Gasteiger partial charge in [-0.25, -0.2) is 0 Å². The Labute approximate surface area is 141 Å². The smallest absolute Gasteiger partial charge is 0.227 e. The second-order valence-electron chi connectivity index (χ2n) is 7.16. The zero-order valence-corrected chi connectivity index (χ0v) is 15.0. The SMILES string of the molecule is CCCN(C(=O)Cc1ccc(CC(C)C)cc1)C1CCNCC1. The molecule has 1 aliphatic rings. The van der Waals surface area contributed by atoms with Gasteiger partial charge in [0.2, 0.25) is 5.91 Å². The van der Waals surface area contributed by atoms with Crippen molar-refractivity contribution in [3.05, 3.63) is 35.4 Å². The van der Waals surface area contributed by atoms with Crippen LogP contribution < -0.4 is 5.32 Å². The Hall–Kier alpha value is -1.35. The molecular formula is C20H32N2O. The maximum absolute atomic E-state index is 12.8. The number of carbonyl (C=O) groups excluding carboxylic acids is 1. The molecule has 0 unspecified atom stereocenters. The van der Waals surface area contributed by atoms with Crippen molar-refractivity contribution in [2.45, 2.75) is 58.9 Å². The summed E-state index contributed by atoms with van der Waals surface area (Å²) in [4.78, 5) is 14.9. The van der Waals surface area contributed by atoms with Gasteiger partial charge in [0.1, 0.15) is 0 Å². The van der Waals surface area contributed by atoms with Crippen molar-refractivity contribution in [2.24, 2.45) is 5.92 Å². The van der Waals surface area contributed by atoms with E-state index in [1.165, 1.54) is 5.56 Å². The van der Waals surface area contributed by atoms with Crippen molar-refractivity contribution in [1.82, 2.24) is 10.2 Å². The first kappa shape index (κ1) is 18.0. The van der Waals surface area contributed by atoms with Crippen molar-refractivity contribution in [3.8, 4) is 0 Å². The van der Waals surface area contributed by atoms with Crippen molar-refractivity contribution in [1.29, 1.82) is 0 Å². The second-order valence-corrected chi connectivity index (χ2v) is 7.16. The molecule has 1 saturated heterocycles. The van der Waals surface area contributed by atoms with Gasteiger partial charge in [-0.15, -0.1) is 0 Å². The fourth-order valence-electron chi connectivity index (χ4n) is 3.41. The van der Waals surface area contributed by atoms with E-state index < -0.39 is 0 Å². The highest BCUT2D eigenvalue weighted by atomic mass is 16.2. The molecule has 0 saturated carbocycles. The van der Waals surface area contributed by atoms with E-state index in [4.69, 9.17) is 0 Å². The van der Waals surface area contributed by atoms with E-state index in [9.17, 15) is 4.79 Å². The van der Waals surface area contributed by atoms with E-state index in [1.54, 1.807) is 0 Å². The maximum atomic E-state index is 12.8. The molecule has 2 rings (SSSR count). The molecule has 1 N–H and O–H groups in total. The molecule has 23 heavy (non-hydrogen) atoms. The fraction of sp³-hybridized carbons (Fsp3) is 0.650. The van der Waals surface area contributed by atoms with Gasteiger partial charge >= 0.3 is 0 Å². The molecule has 0 spiro atoms. The third kappa shape index (κ3) is 5.65. The Balaban J connectivity index is 1.97. The topological polar surface area (TPSA) is 32.3 Å². The summed E-state index contributed by atoms with van der Waals surface area (Å²) in [5.74, 6) is 0.956. The lowest BCUT2D eigenvalue weighted by molar-refractivity contribution is -0.133. The summed E-state index contributed by atoms with van der Waals surface area (Å²) in [6.45, 7) is 9.57. The Morgan fingerprint density at radius 3 is 2.35 bits per heavy atom. The van der Waals surface area contributed by atoms with Gasteiger partial charge in [0, 0.05) is 12.6 Å². The minimum absolute atomic E-state index is 0.287. The number of rotatable bonds is 7. The van der Waals surface area contributed by atoms with Gasteiger partial charge in [0.05, 0.1) is 6.42 Å². The zero-order chi connectivity index (χ0) is 16.7. The zero-order valence-electron chi connectivity index (χ0n) is 15.0. The lowest BCUT2D eigenvalue weighted by Crippen LogP contribution is -2.47. The summed E-state index contributed by atoms with van der Waals surface area (Å²) in [6, 6.07) is 9.03. The molecule has 1 fully saturated rings. The van der Waals surface area contributed by atoms with Crippen LogP contribution in [0.15, 0.2) is 24.3 Å². The highest BCUT2D eigenvalue weighted by molar-refractivity contribution is 5.79. The van der Waals surface area contributed by atoms with Gasteiger partial charge < -0.3 is 10.2 Å². The van der Waals surface area contributed by atoms with Crippen molar-refractivity contribution >= 4 is 5.91 Å². The summed E-state index contributed by atoms with van der Waals surface area (Å²) in [7, 11) is 0. The van der Waals surface area contributed by atoms with Crippen LogP contribution in [0.4, 0.5) is 0 Å². The summed E-state index contributed by atoms with van der Waals surface area (Å²) in [6.07, 6.45) is 4.83. The number of hydrogen-bond acceptors (Lipinski definition) is 2. The van der Waals surface area contributed by atoms with Crippen LogP contribution in [0.25, 0.3) is 0 Å². The molecule has 1 heterocycles. The van der Waals surface area contributed by atoms with E-state index in [0.29, 0.717) is 18.4 Å². The molecule has 0 aromatic heterocycles. The van der Waals surface area contributed by atoms with E-state index >= 15 is 0 Å². The molecule has 0 radical (unpaired) electrons. The minimum atomic E-state index is 0.287. The maximum Gasteiger partial charge on any atom is 0.227 e. The van der Waals surface area contributed by atoms with Gasteiger partial charge in [-0.3, -0.25) is 4.79 Å². The van der Waals surface area contributed by atoms with Crippen LogP contribution in [-0.2, 0) is 17.6 Å². The second kappa shape index (κ2) is 9.07. The average molecular weight is 316 g/mol. The predicted octanol–water partition coefficient (Wildman–Crippen LogP) is 3.42. The normalized spacial score (nSPS) is 15.8. The number of nitrogens with one attached hydrogen (secondary N) is 1. The number of benzene rings is 1. The molecule has 0 aliphatic carbocycles. The number of piperidine rings is 1.